The van der Waals surface area contributed by atoms with Gasteiger partial charge >= 0.3 is 0 Å². The molecule has 0 bridgehead atoms. The number of nitrogens with zero attached hydrogens (tertiary/aromatic N) is 1. The van der Waals surface area contributed by atoms with Gasteiger partial charge in [-0.15, -0.1) is 6.58 Å². The second-order valence-electron chi connectivity index (χ2n) is 6.04. The highest BCUT2D eigenvalue weighted by atomic mass is 15.1. The zero-order valence-corrected chi connectivity index (χ0v) is 16.1. The lowest BCUT2D eigenvalue weighted by atomic mass is 9.93. The minimum Gasteiger partial charge on any atom is -0.323 e. The van der Waals surface area contributed by atoms with Crippen molar-refractivity contribution < 1.29 is 0 Å². The van der Waals surface area contributed by atoms with Crippen molar-refractivity contribution in [3.05, 3.63) is 48.0 Å². The summed E-state index contributed by atoms with van der Waals surface area (Å²) in [6, 6.07) is 8.96. The fourth-order valence-corrected chi connectivity index (χ4v) is 2.72. The summed E-state index contributed by atoms with van der Waals surface area (Å²) >= 11 is 0. The predicted molar refractivity (Wildman–Crippen MR) is 105 cm³/mol. The topological polar surface area (TPSA) is 15.3 Å². The van der Waals surface area contributed by atoms with Crippen LogP contribution in [0.3, 0.4) is 0 Å². The number of piperidine rings is 1. The number of aryl methyl sites for hydroxylation is 1. The number of allylic oxidation sites excluding steroid dienone is 1. The standard InChI is InChI=1S/C17H25N.C2H7N.C2H6/c1-3-4-16-9-12-18(13-10-16)14-11-17-7-5-15(2)6-8-17;1-3-2;1-2/h3,5-8,16H,1,4,9-14H2,2H3;3H,1-2H3;1-2H3. The van der Waals surface area contributed by atoms with Crippen molar-refractivity contribution in [1.29, 1.82) is 0 Å². The Hall–Kier alpha value is -1.12. The number of nitrogens with one attached hydrogen (secondary N) is 1. The van der Waals surface area contributed by atoms with E-state index in [2.05, 4.69) is 54.1 Å². The molecule has 1 heterocycles. The summed E-state index contributed by atoms with van der Waals surface area (Å²) in [6.45, 7) is 13.7. The van der Waals surface area contributed by atoms with Gasteiger partial charge in [0.05, 0.1) is 0 Å². The maximum absolute atomic E-state index is 3.84. The van der Waals surface area contributed by atoms with Gasteiger partial charge < -0.3 is 10.2 Å². The average molecular weight is 319 g/mol. The van der Waals surface area contributed by atoms with Crippen LogP contribution in [0.4, 0.5) is 0 Å². The van der Waals surface area contributed by atoms with Crippen LogP contribution in [-0.2, 0) is 6.42 Å². The van der Waals surface area contributed by atoms with Crippen molar-refractivity contribution in [2.24, 2.45) is 5.92 Å². The zero-order chi connectivity index (χ0) is 17.5. The van der Waals surface area contributed by atoms with E-state index in [4.69, 9.17) is 0 Å². The van der Waals surface area contributed by atoms with E-state index in [0.717, 1.165) is 5.92 Å². The average Bonchev–Trinajstić information content (AvgIpc) is 2.58. The lowest BCUT2D eigenvalue weighted by molar-refractivity contribution is 0.187. The van der Waals surface area contributed by atoms with Crippen LogP contribution >= 0.6 is 0 Å². The van der Waals surface area contributed by atoms with Crippen LogP contribution in [-0.4, -0.2) is 38.6 Å². The van der Waals surface area contributed by atoms with Gasteiger partial charge in [-0.2, -0.15) is 0 Å². The van der Waals surface area contributed by atoms with Crippen LogP contribution in [0.2, 0.25) is 0 Å². The van der Waals surface area contributed by atoms with Crippen LogP contribution in [0.1, 0.15) is 44.2 Å². The summed E-state index contributed by atoms with van der Waals surface area (Å²) in [6.07, 6.45) is 7.16. The molecule has 0 unspecified atom stereocenters. The Morgan fingerprint density at radius 1 is 1.13 bits per heavy atom. The molecule has 0 aromatic heterocycles. The molecule has 2 heteroatoms. The Labute approximate surface area is 145 Å². The SMILES string of the molecule is C=CCC1CCN(CCc2ccc(C)cc2)CC1.CC.CNC. The zero-order valence-electron chi connectivity index (χ0n) is 16.1. The van der Waals surface area contributed by atoms with Gasteiger partial charge in [0.25, 0.3) is 0 Å². The number of hydrogen-bond acceptors (Lipinski definition) is 2. The lowest BCUT2D eigenvalue weighted by Crippen LogP contribution is -2.35. The molecule has 1 N–H and O–H groups in total. The largest absolute Gasteiger partial charge is 0.323 e. The maximum atomic E-state index is 3.84. The predicted octanol–water partition coefficient (Wildman–Crippen LogP) is 4.69. The van der Waals surface area contributed by atoms with Crippen LogP contribution in [0, 0.1) is 12.8 Å². The van der Waals surface area contributed by atoms with Crippen LogP contribution < -0.4 is 5.32 Å². The summed E-state index contributed by atoms with van der Waals surface area (Å²) < 4.78 is 0. The molecule has 1 aliphatic heterocycles. The number of rotatable bonds is 5. The van der Waals surface area contributed by atoms with Gasteiger partial charge in [-0.25, -0.2) is 0 Å². The van der Waals surface area contributed by atoms with Gasteiger partial charge in [-0.05, 0) is 71.3 Å². The number of likely N-dealkylation sites (tertiary alicyclic amines) is 1. The van der Waals surface area contributed by atoms with E-state index in [1.807, 2.05) is 27.9 Å². The van der Waals surface area contributed by atoms with Gasteiger partial charge in [0, 0.05) is 6.54 Å². The van der Waals surface area contributed by atoms with Gasteiger partial charge in [0.2, 0.25) is 0 Å². The van der Waals surface area contributed by atoms with E-state index >= 15 is 0 Å². The van der Waals surface area contributed by atoms with Gasteiger partial charge in [0.1, 0.15) is 0 Å². The summed E-state index contributed by atoms with van der Waals surface area (Å²) in [5.74, 6) is 0.887. The molecule has 2 nitrogen and oxygen atoms in total. The van der Waals surface area contributed by atoms with Crippen molar-refractivity contribution >= 4 is 0 Å². The second kappa shape index (κ2) is 14.5. The molecule has 0 amide bonds. The first-order valence-corrected chi connectivity index (χ1v) is 9.16. The smallest absolute Gasteiger partial charge is 0.00218 e. The van der Waals surface area contributed by atoms with E-state index in [1.165, 1.54) is 56.4 Å². The van der Waals surface area contributed by atoms with Gasteiger partial charge in [-0.3, -0.25) is 0 Å². The quantitative estimate of drug-likeness (QED) is 0.793. The molecule has 1 fully saturated rings. The summed E-state index contributed by atoms with van der Waals surface area (Å²) in [5, 5.41) is 2.75. The first kappa shape index (κ1) is 21.9. The third-order valence-corrected chi connectivity index (χ3v) is 4.04. The third kappa shape index (κ3) is 10.3. The Kier molecular flexibility index (Phi) is 13.8. The molecule has 1 aliphatic rings. The first-order valence-electron chi connectivity index (χ1n) is 9.16. The monoisotopic (exact) mass is 318 g/mol. The Bertz CT molecular complexity index is 375. The molecule has 0 saturated carbocycles. The number of benzene rings is 1. The Morgan fingerprint density at radius 3 is 2.13 bits per heavy atom. The summed E-state index contributed by atoms with van der Waals surface area (Å²) in [4.78, 5) is 2.61. The van der Waals surface area contributed by atoms with E-state index in [1.54, 1.807) is 0 Å². The fraction of sp³-hybridized carbons (Fsp3) is 0.619. The molecule has 1 aromatic carbocycles. The van der Waals surface area contributed by atoms with Crippen molar-refractivity contribution in [3.8, 4) is 0 Å². The minimum absolute atomic E-state index is 0.887. The van der Waals surface area contributed by atoms with Crippen molar-refractivity contribution in [2.75, 3.05) is 33.7 Å². The van der Waals surface area contributed by atoms with Gasteiger partial charge in [0.15, 0.2) is 0 Å². The van der Waals surface area contributed by atoms with E-state index < -0.39 is 0 Å². The molecule has 1 aromatic rings. The van der Waals surface area contributed by atoms with Crippen LogP contribution in [0.5, 0.6) is 0 Å². The molecule has 0 atom stereocenters. The highest BCUT2D eigenvalue weighted by Gasteiger charge is 2.17. The summed E-state index contributed by atoms with van der Waals surface area (Å²) in [7, 11) is 3.75. The van der Waals surface area contributed by atoms with E-state index in [0.29, 0.717) is 0 Å². The lowest BCUT2D eigenvalue weighted by Gasteiger charge is -2.31. The highest BCUT2D eigenvalue weighted by molar-refractivity contribution is 5.21. The van der Waals surface area contributed by atoms with Crippen molar-refractivity contribution in [1.82, 2.24) is 10.2 Å². The van der Waals surface area contributed by atoms with Crippen LogP contribution in [0.25, 0.3) is 0 Å². The molecule has 0 spiro atoms. The molecule has 23 heavy (non-hydrogen) atoms. The molecule has 1 saturated heterocycles. The Balaban J connectivity index is 0.000000868. The minimum atomic E-state index is 0.887. The number of hydrogen-bond donors (Lipinski definition) is 1. The third-order valence-electron chi connectivity index (χ3n) is 4.04. The molecular formula is C21H38N2. The molecule has 2 rings (SSSR count). The van der Waals surface area contributed by atoms with Gasteiger partial charge in [-0.1, -0.05) is 49.8 Å². The highest BCUT2D eigenvalue weighted by Crippen LogP contribution is 2.20. The van der Waals surface area contributed by atoms with E-state index in [9.17, 15) is 0 Å². The summed E-state index contributed by atoms with van der Waals surface area (Å²) in [5.41, 5.74) is 2.82. The Morgan fingerprint density at radius 2 is 1.65 bits per heavy atom. The molecule has 132 valence electrons. The molecular weight excluding hydrogens is 280 g/mol. The van der Waals surface area contributed by atoms with E-state index in [-0.39, 0.29) is 0 Å². The maximum Gasteiger partial charge on any atom is 0.00218 e. The molecule has 0 radical (unpaired) electrons. The fourth-order valence-electron chi connectivity index (χ4n) is 2.72. The van der Waals surface area contributed by atoms with Crippen molar-refractivity contribution in [2.45, 2.75) is 46.5 Å². The van der Waals surface area contributed by atoms with Crippen LogP contribution in [0.15, 0.2) is 36.9 Å². The first-order chi connectivity index (χ1) is 11.2. The van der Waals surface area contributed by atoms with Crippen molar-refractivity contribution in [3.63, 3.8) is 0 Å². The second-order valence-corrected chi connectivity index (χ2v) is 6.04. The molecule has 0 aliphatic carbocycles. The normalized spacial score (nSPS) is 15.0.